The van der Waals surface area contributed by atoms with Gasteiger partial charge in [-0.15, -0.1) is 11.6 Å². The molecule has 0 radical (unpaired) electrons. The molecule has 2 aromatic carbocycles. The Morgan fingerprint density at radius 2 is 1.61 bits per heavy atom. The first-order chi connectivity index (χ1) is 11.2. The van der Waals surface area contributed by atoms with E-state index < -0.39 is 12.1 Å². The predicted molar refractivity (Wildman–Crippen MR) is 89.3 cm³/mol. The number of ketones is 1. The molecule has 120 valence electrons. The van der Waals surface area contributed by atoms with Crippen LogP contribution < -0.4 is 5.32 Å². The van der Waals surface area contributed by atoms with Crippen molar-refractivity contribution in [3.8, 4) is 0 Å². The summed E-state index contributed by atoms with van der Waals surface area (Å²) < 4.78 is 5.20. The normalized spacial score (nSPS) is 11.5. The minimum Gasteiger partial charge on any atom is -0.445 e. The molecule has 0 saturated carbocycles. The standard InChI is InChI=1S/C18H18ClNO3/c19-12-16(21)11-17(15-9-5-2-6-10-15)20-18(22)23-13-14-7-3-1-4-8-14/h1-10,17H,11-13H2,(H,20,22)/t17-/m0/s1. The number of benzene rings is 2. The van der Waals surface area contributed by atoms with Gasteiger partial charge in [-0.05, 0) is 11.1 Å². The number of ether oxygens (including phenoxy) is 1. The zero-order chi connectivity index (χ0) is 16.5. The second-order valence-electron chi connectivity index (χ2n) is 5.05. The van der Waals surface area contributed by atoms with Crippen LogP contribution in [0, 0.1) is 0 Å². The molecule has 0 bridgehead atoms. The summed E-state index contributed by atoms with van der Waals surface area (Å²) in [5.41, 5.74) is 1.73. The van der Waals surface area contributed by atoms with Crippen molar-refractivity contribution in [3.05, 3.63) is 71.8 Å². The molecule has 4 nitrogen and oxygen atoms in total. The molecule has 0 saturated heterocycles. The van der Waals surface area contributed by atoms with Gasteiger partial charge in [-0.1, -0.05) is 60.7 Å². The molecule has 0 aromatic heterocycles. The molecule has 1 atom stereocenters. The van der Waals surface area contributed by atoms with Gasteiger partial charge in [0.05, 0.1) is 11.9 Å². The number of halogens is 1. The molecule has 0 heterocycles. The molecule has 2 aromatic rings. The van der Waals surface area contributed by atoms with Crippen LogP contribution in [0.3, 0.4) is 0 Å². The van der Waals surface area contributed by atoms with Crippen molar-refractivity contribution in [1.82, 2.24) is 5.32 Å². The number of alkyl carbamates (subject to hydrolysis) is 1. The molecule has 0 fully saturated rings. The molecule has 0 aliphatic carbocycles. The summed E-state index contributed by atoms with van der Waals surface area (Å²) in [7, 11) is 0. The van der Waals surface area contributed by atoms with Gasteiger partial charge in [-0.2, -0.15) is 0 Å². The van der Waals surface area contributed by atoms with E-state index in [4.69, 9.17) is 16.3 Å². The Labute approximate surface area is 140 Å². The fraction of sp³-hybridized carbons (Fsp3) is 0.222. The predicted octanol–water partition coefficient (Wildman–Crippen LogP) is 3.85. The van der Waals surface area contributed by atoms with Gasteiger partial charge in [0.25, 0.3) is 0 Å². The van der Waals surface area contributed by atoms with Crippen LogP contribution in [0.2, 0.25) is 0 Å². The Balaban J connectivity index is 1.96. The Morgan fingerprint density at radius 3 is 2.22 bits per heavy atom. The summed E-state index contributed by atoms with van der Waals surface area (Å²) in [4.78, 5) is 23.6. The van der Waals surface area contributed by atoms with Crippen molar-refractivity contribution in [2.24, 2.45) is 0 Å². The topological polar surface area (TPSA) is 55.4 Å². The monoisotopic (exact) mass is 331 g/mol. The van der Waals surface area contributed by atoms with Crippen molar-refractivity contribution in [2.45, 2.75) is 19.1 Å². The Morgan fingerprint density at radius 1 is 1.00 bits per heavy atom. The highest BCUT2D eigenvalue weighted by Gasteiger charge is 2.18. The van der Waals surface area contributed by atoms with Crippen LogP contribution in [0.25, 0.3) is 0 Å². The van der Waals surface area contributed by atoms with Crippen LogP contribution in [-0.2, 0) is 16.1 Å². The lowest BCUT2D eigenvalue weighted by Crippen LogP contribution is -2.30. The molecule has 1 N–H and O–H groups in total. The summed E-state index contributed by atoms with van der Waals surface area (Å²) in [6.07, 6.45) is -0.432. The Bertz CT molecular complexity index is 631. The van der Waals surface area contributed by atoms with Crippen LogP contribution in [0.4, 0.5) is 4.79 Å². The van der Waals surface area contributed by atoms with Crippen molar-refractivity contribution >= 4 is 23.5 Å². The maximum atomic E-state index is 12.0. The molecule has 23 heavy (non-hydrogen) atoms. The number of hydrogen-bond donors (Lipinski definition) is 1. The molecule has 0 aliphatic rings. The first-order valence-corrected chi connectivity index (χ1v) is 7.82. The quantitative estimate of drug-likeness (QED) is 0.784. The largest absolute Gasteiger partial charge is 0.445 e. The van der Waals surface area contributed by atoms with Crippen LogP contribution in [0.1, 0.15) is 23.6 Å². The van der Waals surface area contributed by atoms with E-state index in [1.807, 2.05) is 60.7 Å². The minimum atomic E-state index is -0.565. The molecular weight excluding hydrogens is 314 g/mol. The number of amides is 1. The lowest BCUT2D eigenvalue weighted by molar-refractivity contribution is -0.117. The van der Waals surface area contributed by atoms with Crippen molar-refractivity contribution in [2.75, 3.05) is 5.88 Å². The van der Waals surface area contributed by atoms with E-state index in [-0.39, 0.29) is 24.7 Å². The van der Waals surface area contributed by atoms with Gasteiger partial charge in [-0.3, -0.25) is 4.79 Å². The first kappa shape index (κ1) is 17.0. The van der Waals surface area contributed by atoms with Crippen LogP contribution >= 0.6 is 11.6 Å². The third-order valence-corrected chi connectivity index (χ3v) is 3.59. The average Bonchev–Trinajstić information content (AvgIpc) is 2.61. The molecule has 1 amide bonds. The highest BCUT2D eigenvalue weighted by atomic mass is 35.5. The lowest BCUT2D eigenvalue weighted by atomic mass is 10.0. The van der Waals surface area contributed by atoms with Gasteiger partial charge in [-0.25, -0.2) is 4.79 Å². The molecule has 2 rings (SSSR count). The highest BCUT2D eigenvalue weighted by Crippen LogP contribution is 2.17. The Hall–Kier alpha value is -2.33. The van der Waals surface area contributed by atoms with E-state index in [1.54, 1.807) is 0 Å². The number of alkyl halides is 1. The molecule has 0 unspecified atom stereocenters. The van der Waals surface area contributed by atoms with Gasteiger partial charge < -0.3 is 10.1 Å². The van der Waals surface area contributed by atoms with E-state index in [0.29, 0.717) is 0 Å². The average molecular weight is 332 g/mol. The molecule has 5 heteroatoms. The number of hydrogen-bond acceptors (Lipinski definition) is 3. The summed E-state index contributed by atoms with van der Waals surface area (Å²) in [6, 6.07) is 18.2. The molecular formula is C18H18ClNO3. The smallest absolute Gasteiger partial charge is 0.407 e. The summed E-state index contributed by atoms with van der Waals surface area (Å²) in [5, 5.41) is 2.73. The maximum Gasteiger partial charge on any atom is 0.407 e. The van der Waals surface area contributed by atoms with Gasteiger partial charge >= 0.3 is 6.09 Å². The van der Waals surface area contributed by atoms with E-state index in [9.17, 15) is 9.59 Å². The van der Waals surface area contributed by atoms with Gasteiger partial charge in [0.15, 0.2) is 0 Å². The van der Waals surface area contributed by atoms with Gasteiger partial charge in [0.1, 0.15) is 12.4 Å². The fourth-order valence-corrected chi connectivity index (χ4v) is 2.24. The third-order valence-electron chi connectivity index (χ3n) is 3.29. The van der Waals surface area contributed by atoms with E-state index in [2.05, 4.69) is 5.32 Å². The SMILES string of the molecule is O=C(CCl)C[C@H](NC(=O)OCc1ccccc1)c1ccccc1. The van der Waals surface area contributed by atoms with Crippen LogP contribution in [0.5, 0.6) is 0 Å². The summed E-state index contributed by atoms with van der Waals surface area (Å²) in [5.74, 6) is -0.215. The summed E-state index contributed by atoms with van der Waals surface area (Å²) in [6.45, 7) is 0.178. The highest BCUT2D eigenvalue weighted by molar-refractivity contribution is 6.27. The minimum absolute atomic E-state index is 0.0793. The number of nitrogens with one attached hydrogen (secondary N) is 1. The first-order valence-electron chi connectivity index (χ1n) is 7.29. The number of carbonyl (C=O) groups is 2. The number of carbonyl (C=O) groups excluding carboxylic acids is 2. The van der Waals surface area contributed by atoms with E-state index >= 15 is 0 Å². The van der Waals surface area contributed by atoms with Crippen molar-refractivity contribution in [3.63, 3.8) is 0 Å². The lowest BCUT2D eigenvalue weighted by Gasteiger charge is -2.18. The van der Waals surface area contributed by atoms with Crippen molar-refractivity contribution < 1.29 is 14.3 Å². The number of rotatable bonds is 7. The van der Waals surface area contributed by atoms with Crippen molar-refractivity contribution in [1.29, 1.82) is 0 Å². The van der Waals surface area contributed by atoms with Gasteiger partial charge in [0, 0.05) is 6.42 Å². The molecule has 0 spiro atoms. The second kappa shape index (κ2) is 8.96. The molecule has 0 aliphatic heterocycles. The van der Waals surface area contributed by atoms with Crippen LogP contribution in [-0.4, -0.2) is 17.8 Å². The fourth-order valence-electron chi connectivity index (χ4n) is 2.13. The third kappa shape index (κ3) is 5.75. The summed E-state index contributed by atoms with van der Waals surface area (Å²) >= 11 is 5.57. The number of Topliss-reactive ketones (excluding diaryl/α,β-unsaturated/α-hetero) is 1. The zero-order valence-electron chi connectivity index (χ0n) is 12.6. The van der Waals surface area contributed by atoms with E-state index in [1.165, 1.54) is 0 Å². The Kier molecular flexibility index (Phi) is 6.63. The zero-order valence-corrected chi connectivity index (χ0v) is 13.3. The van der Waals surface area contributed by atoms with E-state index in [0.717, 1.165) is 11.1 Å². The van der Waals surface area contributed by atoms with Gasteiger partial charge in [0.2, 0.25) is 0 Å². The maximum absolute atomic E-state index is 12.0. The second-order valence-corrected chi connectivity index (χ2v) is 5.31. The van der Waals surface area contributed by atoms with Crippen LogP contribution in [0.15, 0.2) is 60.7 Å².